The summed E-state index contributed by atoms with van der Waals surface area (Å²) in [4.78, 5) is 24.7. The van der Waals surface area contributed by atoms with Crippen LogP contribution in [0.5, 0.6) is 0 Å². The number of carbonyl (C=O) groups is 2. The van der Waals surface area contributed by atoms with Crippen LogP contribution in [0, 0.1) is 6.92 Å². The van der Waals surface area contributed by atoms with Gasteiger partial charge in [0.1, 0.15) is 0 Å². The minimum absolute atomic E-state index is 0. The number of rotatable bonds is 13. The van der Waals surface area contributed by atoms with Crippen molar-refractivity contribution < 1.29 is 38.3 Å². The first-order valence-electron chi connectivity index (χ1n) is 11.8. The van der Waals surface area contributed by atoms with E-state index >= 15 is 0 Å². The maximum Gasteiger partial charge on any atom is 1.00 e. The largest absolute Gasteiger partial charge is 1.00 e. The van der Waals surface area contributed by atoms with Gasteiger partial charge in [-0.3, -0.25) is 4.79 Å². The van der Waals surface area contributed by atoms with Gasteiger partial charge in [-0.05, 0) is 78.1 Å². The number of nitrogens with one attached hydrogen (secondary N) is 1. The molecular weight excluding hydrogens is 465 g/mol. The van der Waals surface area contributed by atoms with Crippen LogP contribution in [0.1, 0.15) is 39.9 Å². The second-order valence-corrected chi connectivity index (χ2v) is 9.45. The molecule has 0 heterocycles. The van der Waals surface area contributed by atoms with Gasteiger partial charge in [-0.2, -0.15) is 11.8 Å². The van der Waals surface area contributed by atoms with Crippen molar-refractivity contribution in [3.8, 4) is 11.1 Å². The second-order valence-electron chi connectivity index (χ2n) is 8.46. The third-order valence-electron chi connectivity index (χ3n) is 5.83. The Bertz CT molecular complexity index is 1120. The first kappa shape index (κ1) is 29.7. The van der Waals surface area contributed by atoms with E-state index in [0.717, 1.165) is 35.1 Å². The number of aryl methyl sites for hydroxylation is 2. The van der Waals surface area contributed by atoms with Gasteiger partial charge in [-0.25, -0.2) is 0 Å². The molecule has 0 fully saturated rings. The van der Waals surface area contributed by atoms with Crippen LogP contribution in [0.2, 0.25) is 0 Å². The number of thioether (sulfide) groups is 1. The Balaban J connectivity index is 0.00000456. The number of ether oxygens (including phenoxy) is 1. The van der Waals surface area contributed by atoms with Crippen molar-refractivity contribution in [2.45, 2.75) is 38.8 Å². The molecule has 0 unspecified atom stereocenters. The number of benzene rings is 3. The molecule has 0 saturated heterocycles. The number of carbonyl (C=O) groups excluding carboxylic acids is 2. The van der Waals surface area contributed by atoms with E-state index in [4.69, 9.17) is 4.74 Å². The van der Waals surface area contributed by atoms with Crippen molar-refractivity contribution in [1.29, 1.82) is 0 Å². The molecule has 0 aromatic heterocycles. The SMILES string of the molecule is CSCC[C@H](NC(=O)c1ccc(COCCCc2ccccc2)cc1-c1ccccc1C)C(=O)[O-].[Li+]. The number of carboxylic acid groups (broad SMARTS) is 1. The maximum atomic E-state index is 13.1. The van der Waals surface area contributed by atoms with Crippen molar-refractivity contribution in [3.63, 3.8) is 0 Å². The Morgan fingerprint density at radius 2 is 1.69 bits per heavy atom. The molecule has 1 N–H and O–H groups in total. The molecule has 0 aliphatic carbocycles. The van der Waals surface area contributed by atoms with Gasteiger partial charge >= 0.3 is 18.9 Å². The summed E-state index contributed by atoms with van der Waals surface area (Å²) in [5.41, 5.74) is 5.40. The molecule has 1 atom stereocenters. The van der Waals surface area contributed by atoms with Gasteiger partial charge in [0.15, 0.2) is 0 Å². The van der Waals surface area contributed by atoms with Crippen molar-refractivity contribution in [3.05, 3.63) is 95.1 Å². The third kappa shape index (κ3) is 8.87. The molecule has 7 heteroatoms. The molecule has 0 radical (unpaired) electrons. The molecule has 1 amide bonds. The van der Waals surface area contributed by atoms with Gasteiger partial charge in [0.05, 0.1) is 18.6 Å². The molecule has 0 bridgehead atoms. The van der Waals surface area contributed by atoms with Crippen LogP contribution in [0.4, 0.5) is 0 Å². The summed E-state index contributed by atoms with van der Waals surface area (Å²) >= 11 is 1.53. The zero-order chi connectivity index (χ0) is 25.0. The summed E-state index contributed by atoms with van der Waals surface area (Å²) in [5.74, 6) is -1.08. The van der Waals surface area contributed by atoms with E-state index in [1.807, 2.05) is 67.8 Å². The van der Waals surface area contributed by atoms with Gasteiger partial charge in [-0.15, -0.1) is 0 Å². The van der Waals surface area contributed by atoms with E-state index in [2.05, 4.69) is 17.4 Å². The third-order valence-corrected chi connectivity index (χ3v) is 6.47. The Labute approximate surface area is 230 Å². The van der Waals surface area contributed by atoms with Crippen LogP contribution in [0.3, 0.4) is 0 Å². The van der Waals surface area contributed by atoms with Crippen molar-refractivity contribution >= 4 is 23.6 Å². The van der Waals surface area contributed by atoms with Crippen molar-refractivity contribution in [2.24, 2.45) is 0 Å². The van der Waals surface area contributed by atoms with E-state index < -0.39 is 17.9 Å². The molecule has 0 spiro atoms. The predicted octanol–water partition coefficient (Wildman–Crippen LogP) is 1.42. The fourth-order valence-electron chi connectivity index (χ4n) is 3.91. The number of hydrogen-bond donors (Lipinski definition) is 1. The molecule has 3 aromatic carbocycles. The maximum absolute atomic E-state index is 13.1. The van der Waals surface area contributed by atoms with Crippen molar-refractivity contribution in [2.75, 3.05) is 18.6 Å². The molecular formula is C29H32LiNO4S. The van der Waals surface area contributed by atoms with Gasteiger partial charge in [-0.1, -0.05) is 60.7 Å². The topological polar surface area (TPSA) is 78.5 Å². The molecule has 3 rings (SSSR count). The van der Waals surface area contributed by atoms with E-state index in [-0.39, 0.29) is 18.9 Å². The van der Waals surface area contributed by atoms with Gasteiger partial charge in [0, 0.05) is 12.2 Å². The zero-order valence-corrected chi connectivity index (χ0v) is 22.1. The summed E-state index contributed by atoms with van der Waals surface area (Å²) in [7, 11) is 0. The fraction of sp³-hybridized carbons (Fsp3) is 0.310. The fourth-order valence-corrected chi connectivity index (χ4v) is 4.38. The quantitative estimate of drug-likeness (QED) is 0.286. The van der Waals surface area contributed by atoms with Gasteiger partial charge in [0.2, 0.25) is 0 Å². The minimum Gasteiger partial charge on any atom is -0.548 e. The summed E-state index contributed by atoms with van der Waals surface area (Å²) in [6, 6.07) is 22.7. The number of aliphatic carboxylic acids is 1. The Kier molecular flexibility index (Phi) is 12.9. The summed E-state index contributed by atoms with van der Waals surface area (Å²) in [5, 5.41) is 14.2. The van der Waals surface area contributed by atoms with Crippen LogP contribution in [-0.2, 0) is 22.6 Å². The van der Waals surface area contributed by atoms with E-state index in [1.54, 1.807) is 6.07 Å². The number of hydrogen-bond acceptors (Lipinski definition) is 5. The Morgan fingerprint density at radius 3 is 2.39 bits per heavy atom. The molecule has 5 nitrogen and oxygen atoms in total. The molecule has 3 aromatic rings. The first-order valence-corrected chi connectivity index (χ1v) is 13.2. The molecule has 0 aliphatic rings. The van der Waals surface area contributed by atoms with Gasteiger partial charge in [0.25, 0.3) is 5.91 Å². The number of amides is 1. The van der Waals surface area contributed by atoms with E-state index in [1.165, 1.54) is 17.3 Å². The normalized spacial score (nSPS) is 11.4. The molecule has 0 aliphatic heterocycles. The second kappa shape index (κ2) is 15.6. The molecule has 36 heavy (non-hydrogen) atoms. The minimum atomic E-state index is -1.27. The average molecular weight is 498 g/mol. The summed E-state index contributed by atoms with van der Waals surface area (Å²) < 4.78 is 5.91. The average Bonchev–Trinajstić information content (AvgIpc) is 2.87. The first-order chi connectivity index (χ1) is 17.0. The predicted molar refractivity (Wildman–Crippen MR) is 140 cm³/mol. The van der Waals surface area contributed by atoms with E-state index in [0.29, 0.717) is 31.0 Å². The monoisotopic (exact) mass is 497 g/mol. The number of carboxylic acids is 1. The molecule has 0 saturated carbocycles. The van der Waals surface area contributed by atoms with Crippen LogP contribution in [-0.4, -0.2) is 36.5 Å². The van der Waals surface area contributed by atoms with Crippen LogP contribution in [0.15, 0.2) is 72.8 Å². The molecule has 184 valence electrons. The van der Waals surface area contributed by atoms with Crippen LogP contribution < -0.4 is 29.3 Å². The van der Waals surface area contributed by atoms with Crippen LogP contribution in [0.25, 0.3) is 11.1 Å². The summed E-state index contributed by atoms with van der Waals surface area (Å²) in [6.07, 6.45) is 4.09. The smallest absolute Gasteiger partial charge is 0.548 e. The standard InChI is InChI=1S/C29H33NO4S.Li/c1-21-9-6-7-13-24(21)26-19-23(20-34-17-8-12-22-10-4-3-5-11-22)14-15-25(26)28(31)30-27(29(32)33)16-18-35-2;/h3-7,9-11,13-15,19,27H,8,12,16-18,20H2,1-2H3,(H,30,31)(H,32,33);/q;+1/p-1/t27-;/m0./s1. The Hall–Kier alpha value is -2.49. The zero-order valence-electron chi connectivity index (χ0n) is 21.3. The van der Waals surface area contributed by atoms with Crippen molar-refractivity contribution in [1.82, 2.24) is 5.32 Å². The van der Waals surface area contributed by atoms with E-state index in [9.17, 15) is 14.7 Å². The Morgan fingerprint density at radius 1 is 0.972 bits per heavy atom. The summed E-state index contributed by atoms with van der Waals surface area (Å²) in [6.45, 7) is 3.07. The van der Waals surface area contributed by atoms with Crippen LogP contribution >= 0.6 is 11.8 Å². The van der Waals surface area contributed by atoms with Gasteiger partial charge < -0.3 is 20.0 Å².